The summed E-state index contributed by atoms with van der Waals surface area (Å²) in [5, 5.41) is -0.0997. The van der Waals surface area contributed by atoms with Crippen molar-refractivity contribution in [3.05, 3.63) is 38.3 Å². The molecule has 1 aliphatic heterocycles. The Morgan fingerprint density at radius 2 is 1.27 bits per heavy atom. The Morgan fingerprint density at radius 1 is 0.808 bits per heavy atom. The largest absolute Gasteiger partial charge is 0.274 e. The molecular weight excluding hydrogens is 510 g/mol. The van der Waals surface area contributed by atoms with Gasteiger partial charge in [-0.1, -0.05) is 75.7 Å². The zero-order valence-electron chi connectivity index (χ0n) is 12.2. The number of halogens is 8. The third kappa shape index (κ3) is 1.88. The number of imide groups is 1. The first-order valence-electron chi connectivity index (χ1n) is 7.07. The monoisotopic (exact) mass is 511 g/mol. The lowest BCUT2D eigenvalue weighted by Crippen LogP contribution is -2.50. The van der Waals surface area contributed by atoms with Crippen LogP contribution in [0, 0.1) is 11.8 Å². The first kappa shape index (κ1) is 19.7. The normalized spacial score (nSPS) is 37.8. The first-order valence-corrected chi connectivity index (χ1v) is 10.1. The number of amides is 2. The molecule has 1 saturated heterocycles. The van der Waals surface area contributed by atoms with Crippen molar-refractivity contribution in [1.29, 1.82) is 0 Å². The zero-order chi connectivity index (χ0) is 19.4. The van der Waals surface area contributed by atoms with Crippen LogP contribution >= 0.6 is 92.8 Å². The number of carbonyl (C=O) groups is 2. The van der Waals surface area contributed by atoms with E-state index >= 15 is 0 Å². The van der Waals surface area contributed by atoms with E-state index < -0.39 is 37.7 Å². The van der Waals surface area contributed by atoms with Crippen molar-refractivity contribution in [3.8, 4) is 0 Å². The van der Waals surface area contributed by atoms with Gasteiger partial charge < -0.3 is 0 Å². The van der Waals surface area contributed by atoms with E-state index in [4.69, 9.17) is 92.8 Å². The maximum atomic E-state index is 13.2. The Balaban J connectivity index is 1.94. The van der Waals surface area contributed by atoms with Gasteiger partial charge >= 0.3 is 0 Å². The molecule has 3 aliphatic rings. The highest BCUT2D eigenvalue weighted by Gasteiger charge is 2.87. The van der Waals surface area contributed by atoms with E-state index in [9.17, 15) is 9.59 Å². The summed E-state index contributed by atoms with van der Waals surface area (Å²) in [6.07, 6.45) is 0. The topological polar surface area (TPSA) is 37.4 Å². The summed E-state index contributed by atoms with van der Waals surface area (Å²) >= 11 is 50.7. The van der Waals surface area contributed by atoms with Gasteiger partial charge in [-0.3, -0.25) is 9.59 Å². The lowest BCUT2D eigenvalue weighted by Gasteiger charge is -2.34. The van der Waals surface area contributed by atoms with Gasteiger partial charge in [0.25, 0.3) is 0 Å². The fraction of sp³-hybridized carbons (Fsp3) is 0.333. The molecular formula is C15H5Cl8NO2. The van der Waals surface area contributed by atoms with E-state index in [1.165, 1.54) is 12.1 Å². The third-order valence-electron chi connectivity index (χ3n) is 5.08. The van der Waals surface area contributed by atoms with E-state index in [2.05, 4.69) is 0 Å². The Kier molecular flexibility index (Phi) is 4.35. The van der Waals surface area contributed by atoms with Gasteiger partial charge in [-0.25, -0.2) is 4.90 Å². The van der Waals surface area contributed by atoms with E-state index in [0.29, 0.717) is 0 Å². The SMILES string of the molecule is O=C1[C@@H]2[C@H](C(=O)N1c1cccc(Cl)c1Cl)[C@@]1(Cl)C(Cl)=C(Cl)[C@@]2(Cl)C1(Cl)Cl. The minimum Gasteiger partial charge on any atom is -0.274 e. The molecule has 4 rings (SSSR count). The van der Waals surface area contributed by atoms with Crippen LogP contribution in [0.2, 0.25) is 10.0 Å². The van der Waals surface area contributed by atoms with E-state index in [0.717, 1.165) is 4.90 Å². The molecule has 2 bridgehead atoms. The lowest BCUT2D eigenvalue weighted by molar-refractivity contribution is -0.123. The molecule has 0 radical (unpaired) electrons. The lowest BCUT2D eigenvalue weighted by atomic mass is 9.84. The number of allylic oxidation sites excluding steroid dienone is 2. The minimum absolute atomic E-state index is 0.0311. The Labute approximate surface area is 188 Å². The van der Waals surface area contributed by atoms with Crippen LogP contribution in [0.1, 0.15) is 0 Å². The predicted octanol–water partition coefficient (Wildman–Crippen LogP) is 5.94. The maximum Gasteiger partial charge on any atom is 0.240 e. The maximum absolute atomic E-state index is 13.2. The van der Waals surface area contributed by atoms with Crippen LogP contribution in [0.3, 0.4) is 0 Å². The van der Waals surface area contributed by atoms with Crippen LogP contribution in [0.25, 0.3) is 0 Å². The van der Waals surface area contributed by atoms with E-state index in [1.54, 1.807) is 6.07 Å². The van der Waals surface area contributed by atoms with Crippen LogP contribution in [0.15, 0.2) is 28.3 Å². The molecule has 3 nitrogen and oxygen atoms in total. The highest BCUT2D eigenvalue weighted by molar-refractivity contribution is 6.67. The summed E-state index contributed by atoms with van der Waals surface area (Å²) in [7, 11) is 0. The van der Waals surface area contributed by atoms with E-state index in [1.807, 2.05) is 0 Å². The summed E-state index contributed by atoms with van der Waals surface area (Å²) in [5.74, 6) is -3.80. The minimum atomic E-state index is -1.97. The number of fused-ring (bicyclic) bond motifs is 5. The molecule has 138 valence electrons. The standard InChI is InChI=1S/C15H5Cl8NO2/c16-4-2-1-3-5(8(4)17)24-11(25)6-7(12(24)26)14(21)10(19)9(18)13(6,20)15(14,22)23/h1-3,6-7H/t6-,7+,13-,14-/m1/s1. The predicted molar refractivity (Wildman–Crippen MR) is 106 cm³/mol. The van der Waals surface area contributed by atoms with Crippen LogP contribution < -0.4 is 4.90 Å². The Morgan fingerprint density at radius 3 is 1.73 bits per heavy atom. The highest BCUT2D eigenvalue weighted by atomic mass is 35.5. The second-order valence-electron chi connectivity index (χ2n) is 6.17. The second-order valence-corrected chi connectivity index (χ2v) is 10.2. The van der Waals surface area contributed by atoms with Gasteiger partial charge in [0.05, 0.1) is 37.6 Å². The molecule has 0 spiro atoms. The van der Waals surface area contributed by atoms with Crippen molar-refractivity contribution in [1.82, 2.24) is 0 Å². The number of hydrogen-bond acceptors (Lipinski definition) is 2. The molecule has 0 N–H and O–H groups in total. The zero-order valence-corrected chi connectivity index (χ0v) is 18.2. The number of carbonyl (C=O) groups excluding carboxylic acids is 2. The molecule has 11 heteroatoms. The van der Waals surface area contributed by atoms with Crippen LogP contribution in [0.4, 0.5) is 5.69 Å². The van der Waals surface area contributed by atoms with Crippen molar-refractivity contribution in [2.75, 3.05) is 4.90 Å². The van der Waals surface area contributed by atoms with Crippen molar-refractivity contribution >= 4 is 110 Å². The molecule has 0 aromatic heterocycles. The molecule has 1 saturated carbocycles. The molecule has 2 aliphatic carbocycles. The summed E-state index contributed by atoms with van der Waals surface area (Å²) in [6, 6.07) is 4.54. The number of alkyl halides is 4. The summed E-state index contributed by atoms with van der Waals surface area (Å²) in [6.45, 7) is 0. The van der Waals surface area contributed by atoms with Crippen molar-refractivity contribution in [2.24, 2.45) is 11.8 Å². The van der Waals surface area contributed by atoms with Crippen molar-refractivity contribution in [3.63, 3.8) is 0 Å². The van der Waals surface area contributed by atoms with Crippen LogP contribution in [0.5, 0.6) is 0 Å². The number of rotatable bonds is 1. The molecule has 0 unspecified atom stereocenters. The van der Waals surface area contributed by atoms with E-state index in [-0.39, 0.29) is 25.8 Å². The van der Waals surface area contributed by atoms with Gasteiger partial charge in [0.2, 0.25) is 11.8 Å². The summed E-state index contributed by atoms with van der Waals surface area (Å²) in [5.41, 5.74) is 0.102. The van der Waals surface area contributed by atoms with Gasteiger partial charge in [0.1, 0.15) is 9.75 Å². The average Bonchev–Trinajstić information content (AvgIpc) is 2.95. The summed E-state index contributed by atoms with van der Waals surface area (Å²) in [4.78, 5) is 23.5. The Hall–Kier alpha value is 0.420. The van der Waals surface area contributed by atoms with Gasteiger partial charge in [-0.05, 0) is 12.1 Å². The summed E-state index contributed by atoms with van der Waals surface area (Å²) < 4.78 is -1.97. The van der Waals surface area contributed by atoms with Crippen LogP contribution in [-0.2, 0) is 9.59 Å². The fourth-order valence-electron chi connectivity index (χ4n) is 3.90. The third-order valence-corrected chi connectivity index (χ3v) is 10.1. The molecule has 1 aromatic rings. The molecule has 2 fully saturated rings. The molecule has 1 aromatic carbocycles. The van der Waals surface area contributed by atoms with Crippen molar-refractivity contribution in [2.45, 2.75) is 14.1 Å². The number of anilines is 1. The van der Waals surface area contributed by atoms with Gasteiger partial charge in [-0.15, -0.1) is 23.2 Å². The molecule has 2 amide bonds. The number of nitrogens with zero attached hydrogens (tertiary/aromatic N) is 1. The quantitative estimate of drug-likeness (QED) is 0.343. The van der Waals surface area contributed by atoms with Gasteiger partial charge in [-0.2, -0.15) is 0 Å². The number of benzene rings is 1. The highest BCUT2D eigenvalue weighted by Crippen LogP contribution is 2.77. The first-order chi connectivity index (χ1) is 11.9. The average molecular weight is 515 g/mol. The molecule has 4 atom stereocenters. The van der Waals surface area contributed by atoms with Crippen LogP contribution in [-0.4, -0.2) is 25.9 Å². The molecule has 1 heterocycles. The van der Waals surface area contributed by atoms with Crippen molar-refractivity contribution < 1.29 is 9.59 Å². The smallest absolute Gasteiger partial charge is 0.240 e. The second kappa shape index (κ2) is 5.73. The van der Waals surface area contributed by atoms with Gasteiger partial charge in [0, 0.05) is 0 Å². The van der Waals surface area contributed by atoms with Gasteiger partial charge in [0.15, 0.2) is 4.33 Å². The Bertz CT molecular complexity index is 884. The molecule has 26 heavy (non-hydrogen) atoms. The number of hydrogen-bond donors (Lipinski definition) is 0. The fourth-order valence-corrected chi connectivity index (χ4v) is 7.21.